The smallest absolute Gasteiger partial charge is 0.222 e. The molecule has 2 aliphatic heterocycles. The number of amides is 1. The van der Waals surface area contributed by atoms with Gasteiger partial charge in [-0.25, -0.2) is 0 Å². The molecule has 0 aromatic rings. The highest BCUT2D eigenvalue weighted by Crippen LogP contribution is 2.19. The third-order valence-corrected chi connectivity index (χ3v) is 4.77. The molecule has 0 radical (unpaired) electrons. The van der Waals surface area contributed by atoms with Crippen LogP contribution in [0.2, 0.25) is 0 Å². The lowest BCUT2D eigenvalue weighted by atomic mass is 9.93. The molecule has 122 valence electrons. The van der Waals surface area contributed by atoms with Crippen molar-refractivity contribution >= 4 is 5.91 Å². The second-order valence-electron chi connectivity index (χ2n) is 6.56. The highest BCUT2D eigenvalue weighted by molar-refractivity contribution is 5.76. The quantitative estimate of drug-likeness (QED) is 0.785. The number of hydrogen-bond donors (Lipinski definition) is 1. The van der Waals surface area contributed by atoms with Gasteiger partial charge in [-0.1, -0.05) is 6.92 Å². The van der Waals surface area contributed by atoms with E-state index in [1.807, 2.05) is 0 Å². The summed E-state index contributed by atoms with van der Waals surface area (Å²) in [5, 5.41) is 3.39. The molecular weight excluding hydrogens is 264 g/mol. The average Bonchev–Trinajstić information content (AvgIpc) is 2.54. The summed E-state index contributed by atoms with van der Waals surface area (Å²) >= 11 is 0. The van der Waals surface area contributed by atoms with Crippen LogP contribution >= 0.6 is 0 Å². The largest absolute Gasteiger partial charge is 0.376 e. The van der Waals surface area contributed by atoms with Crippen molar-refractivity contribution in [1.82, 2.24) is 10.2 Å². The molecule has 1 unspecified atom stereocenters. The van der Waals surface area contributed by atoms with Crippen molar-refractivity contribution in [3.63, 3.8) is 0 Å². The van der Waals surface area contributed by atoms with Gasteiger partial charge in [0.15, 0.2) is 0 Å². The lowest BCUT2D eigenvalue weighted by Crippen LogP contribution is -2.40. The summed E-state index contributed by atoms with van der Waals surface area (Å²) in [5.74, 6) is 1.08. The Morgan fingerprint density at radius 3 is 2.71 bits per heavy atom. The number of carbonyl (C=O) groups excluding carboxylic acids is 1. The Balaban J connectivity index is 1.74. The fraction of sp³-hybridized carbons (Fsp3) is 0.941. The Morgan fingerprint density at radius 1 is 1.24 bits per heavy atom. The Morgan fingerprint density at radius 2 is 2.05 bits per heavy atom. The predicted octanol–water partition coefficient (Wildman–Crippen LogP) is 2.57. The Kier molecular flexibility index (Phi) is 7.51. The number of carbonyl (C=O) groups is 1. The molecular formula is C17H32N2O2. The van der Waals surface area contributed by atoms with Gasteiger partial charge in [0.2, 0.25) is 5.91 Å². The van der Waals surface area contributed by atoms with E-state index in [0.717, 1.165) is 64.4 Å². The SMILES string of the molecule is CCCN(CC1CCCCO1)C(=O)CCC1CCNCC1. The minimum absolute atomic E-state index is 0.271. The Bertz CT molecular complexity index is 297. The molecule has 4 heteroatoms. The normalized spacial score (nSPS) is 24.0. The summed E-state index contributed by atoms with van der Waals surface area (Å²) in [5.41, 5.74) is 0. The Labute approximate surface area is 129 Å². The first-order chi connectivity index (χ1) is 10.3. The molecule has 0 bridgehead atoms. The molecule has 2 aliphatic rings. The molecule has 2 rings (SSSR count). The van der Waals surface area contributed by atoms with Crippen molar-refractivity contribution in [2.24, 2.45) is 5.92 Å². The van der Waals surface area contributed by atoms with Gasteiger partial charge >= 0.3 is 0 Å². The second-order valence-corrected chi connectivity index (χ2v) is 6.56. The summed E-state index contributed by atoms with van der Waals surface area (Å²) in [7, 11) is 0. The number of ether oxygens (including phenoxy) is 1. The second kappa shape index (κ2) is 9.42. The molecule has 0 saturated carbocycles. The lowest BCUT2D eigenvalue weighted by molar-refractivity contribution is -0.134. The average molecular weight is 296 g/mol. The predicted molar refractivity (Wildman–Crippen MR) is 85.3 cm³/mol. The fourth-order valence-corrected chi connectivity index (χ4v) is 3.44. The maximum Gasteiger partial charge on any atom is 0.222 e. The van der Waals surface area contributed by atoms with Gasteiger partial charge in [0.1, 0.15) is 0 Å². The molecule has 1 amide bonds. The van der Waals surface area contributed by atoms with Gasteiger partial charge in [-0.05, 0) is 64.0 Å². The topological polar surface area (TPSA) is 41.6 Å². The van der Waals surface area contributed by atoms with Crippen LogP contribution < -0.4 is 5.32 Å². The third kappa shape index (κ3) is 5.95. The first-order valence-corrected chi connectivity index (χ1v) is 8.89. The van der Waals surface area contributed by atoms with Gasteiger partial charge in [0, 0.05) is 26.1 Å². The molecule has 0 aromatic carbocycles. The molecule has 1 atom stereocenters. The monoisotopic (exact) mass is 296 g/mol. The van der Waals surface area contributed by atoms with Crippen molar-refractivity contribution in [2.75, 3.05) is 32.8 Å². The van der Waals surface area contributed by atoms with Crippen LogP contribution in [0.5, 0.6) is 0 Å². The zero-order valence-electron chi connectivity index (χ0n) is 13.6. The number of rotatable bonds is 7. The van der Waals surface area contributed by atoms with E-state index in [0.29, 0.717) is 5.91 Å². The molecule has 2 saturated heterocycles. The first kappa shape index (κ1) is 16.8. The van der Waals surface area contributed by atoms with E-state index in [9.17, 15) is 4.79 Å². The molecule has 0 spiro atoms. The number of nitrogens with zero attached hydrogens (tertiary/aromatic N) is 1. The van der Waals surface area contributed by atoms with Crippen LogP contribution in [-0.2, 0) is 9.53 Å². The summed E-state index contributed by atoms with van der Waals surface area (Å²) in [6.07, 6.45) is 9.08. The van der Waals surface area contributed by atoms with Crippen LogP contribution in [0.15, 0.2) is 0 Å². The minimum atomic E-state index is 0.271. The lowest BCUT2D eigenvalue weighted by Gasteiger charge is -2.30. The summed E-state index contributed by atoms with van der Waals surface area (Å²) in [6, 6.07) is 0. The van der Waals surface area contributed by atoms with Gasteiger partial charge in [0.25, 0.3) is 0 Å². The molecule has 2 fully saturated rings. The number of nitrogens with one attached hydrogen (secondary N) is 1. The van der Waals surface area contributed by atoms with Crippen LogP contribution in [-0.4, -0.2) is 49.7 Å². The highest BCUT2D eigenvalue weighted by Gasteiger charge is 2.22. The Hall–Kier alpha value is -0.610. The fourth-order valence-electron chi connectivity index (χ4n) is 3.44. The van der Waals surface area contributed by atoms with Crippen molar-refractivity contribution in [3.05, 3.63) is 0 Å². The van der Waals surface area contributed by atoms with E-state index in [-0.39, 0.29) is 6.10 Å². The van der Waals surface area contributed by atoms with Gasteiger partial charge in [-0.15, -0.1) is 0 Å². The van der Waals surface area contributed by atoms with Crippen LogP contribution in [0, 0.1) is 5.92 Å². The number of piperidine rings is 1. The highest BCUT2D eigenvalue weighted by atomic mass is 16.5. The third-order valence-electron chi connectivity index (χ3n) is 4.77. The van der Waals surface area contributed by atoms with Crippen molar-refractivity contribution in [3.8, 4) is 0 Å². The zero-order valence-corrected chi connectivity index (χ0v) is 13.6. The van der Waals surface area contributed by atoms with Crippen molar-refractivity contribution < 1.29 is 9.53 Å². The van der Waals surface area contributed by atoms with E-state index >= 15 is 0 Å². The van der Waals surface area contributed by atoms with Crippen molar-refractivity contribution in [2.45, 2.75) is 64.4 Å². The minimum Gasteiger partial charge on any atom is -0.376 e. The molecule has 1 N–H and O–H groups in total. The maximum absolute atomic E-state index is 12.5. The summed E-state index contributed by atoms with van der Waals surface area (Å²) in [4.78, 5) is 14.6. The van der Waals surface area contributed by atoms with Crippen LogP contribution in [0.4, 0.5) is 0 Å². The van der Waals surface area contributed by atoms with E-state index in [4.69, 9.17) is 4.74 Å². The molecule has 0 aliphatic carbocycles. The van der Waals surface area contributed by atoms with Gasteiger partial charge in [-0.2, -0.15) is 0 Å². The summed E-state index contributed by atoms with van der Waals surface area (Å²) < 4.78 is 5.80. The van der Waals surface area contributed by atoms with Crippen LogP contribution in [0.3, 0.4) is 0 Å². The molecule has 2 heterocycles. The maximum atomic E-state index is 12.5. The van der Waals surface area contributed by atoms with Crippen LogP contribution in [0.25, 0.3) is 0 Å². The van der Waals surface area contributed by atoms with E-state index in [1.54, 1.807) is 0 Å². The van der Waals surface area contributed by atoms with Gasteiger partial charge in [0.05, 0.1) is 6.10 Å². The van der Waals surface area contributed by atoms with E-state index in [2.05, 4.69) is 17.1 Å². The first-order valence-electron chi connectivity index (χ1n) is 8.89. The van der Waals surface area contributed by atoms with E-state index < -0.39 is 0 Å². The molecule has 4 nitrogen and oxygen atoms in total. The zero-order chi connectivity index (χ0) is 14.9. The van der Waals surface area contributed by atoms with Crippen molar-refractivity contribution in [1.29, 1.82) is 0 Å². The molecule has 0 aromatic heterocycles. The van der Waals surface area contributed by atoms with Gasteiger partial charge < -0.3 is 15.0 Å². The van der Waals surface area contributed by atoms with Crippen LogP contribution in [0.1, 0.15) is 58.3 Å². The van der Waals surface area contributed by atoms with E-state index in [1.165, 1.54) is 25.7 Å². The summed E-state index contributed by atoms with van der Waals surface area (Å²) in [6.45, 7) is 6.94. The van der Waals surface area contributed by atoms with Gasteiger partial charge in [-0.3, -0.25) is 4.79 Å². The number of hydrogen-bond acceptors (Lipinski definition) is 3. The standard InChI is InChI=1S/C17H32N2O2/c1-2-12-19(14-16-5-3-4-13-21-16)17(20)7-6-15-8-10-18-11-9-15/h15-16,18H,2-14H2,1H3. The molecule has 21 heavy (non-hydrogen) atoms.